The molecule has 40 heavy (non-hydrogen) atoms. The molecule has 0 heterocycles. The summed E-state index contributed by atoms with van der Waals surface area (Å²) < 4.78 is 5.29. The summed E-state index contributed by atoms with van der Waals surface area (Å²) in [4.78, 5) is 24.2. The second-order valence-corrected chi connectivity index (χ2v) is 16.7. The van der Waals surface area contributed by atoms with E-state index in [0.717, 1.165) is 25.7 Å². The molecule has 6 rings (SSSR count). The summed E-state index contributed by atoms with van der Waals surface area (Å²) in [7, 11) is 0. The van der Waals surface area contributed by atoms with Crippen LogP contribution in [0.15, 0.2) is 34.4 Å². The molecule has 0 aromatic rings. The van der Waals surface area contributed by atoms with Crippen molar-refractivity contribution in [2.24, 2.45) is 50.7 Å². The monoisotopic (exact) mass is 546 g/mol. The van der Waals surface area contributed by atoms with Crippen LogP contribution in [-0.4, -0.2) is 18.4 Å². The maximum atomic E-state index is 13.4. The van der Waals surface area contributed by atoms with E-state index in [2.05, 4.69) is 67.5 Å². The van der Waals surface area contributed by atoms with Gasteiger partial charge in [0, 0.05) is 12.8 Å². The Kier molecular flexibility index (Phi) is 6.53. The summed E-state index contributed by atoms with van der Waals surface area (Å²) in [5, 5.41) is 0. The van der Waals surface area contributed by atoms with Gasteiger partial charge in [-0.1, -0.05) is 73.1 Å². The molecule has 3 saturated carbocycles. The smallest absolute Gasteiger partial charge is 0.293 e. The van der Waals surface area contributed by atoms with Crippen molar-refractivity contribution in [3.63, 3.8) is 0 Å². The van der Waals surface area contributed by atoms with Crippen LogP contribution in [0.2, 0.25) is 0 Å². The van der Waals surface area contributed by atoms with E-state index in [1.165, 1.54) is 56.1 Å². The van der Waals surface area contributed by atoms with Crippen LogP contribution in [0.4, 0.5) is 0 Å². The molecule has 0 saturated heterocycles. The minimum Gasteiger partial charge on any atom is -0.464 e. The first-order chi connectivity index (χ1) is 18.7. The van der Waals surface area contributed by atoms with Crippen LogP contribution < -0.4 is 0 Å². The van der Waals surface area contributed by atoms with Gasteiger partial charge in [0.1, 0.15) is 6.10 Å². The molecule has 0 bridgehead atoms. The Morgan fingerprint density at radius 3 is 2.30 bits per heavy atom. The Morgan fingerprint density at radius 1 is 0.900 bits per heavy atom. The van der Waals surface area contributed by atoms with Crippen molar-refractivity contribution < 1.29 is 14.3 Å². The fraction of sp³-hybridized carbons (Fsp3) is 0.784. The highest BCUT2D eigenvalue weighted by Gasteiger charge is 2.68. The van der Waals surface area contributed by atoms with Gasteiger partial charge < -0.3 is 4.74 Å². The lowest BCUT2D eigenvalue weighted by atomic mass is 9.33. The average molecular weight is 547 g/mol. The van der Waals surface area contributed by atoms with Gasteiger partial charge in [-0.2, -0.15) is 0 Å². The van der Waals surface area contributed by atoms with Crippen LogP contribution in [0.25, 0.3) is 0 Å². The van der Waals surface area contributed by atoms with Crippen molar-refractivity contribution >= 4 is 12.3 Å². The van der Waals surface area contributed by atoms with E-state index in [9.17, 15) is 9.59 Å². The lowest BCUT2D eigenvalue weighted by Crippen LogP contribution is -2.64. The van der Waals surface area contributed by atoms with Gasteiger partial charge in [0.15, 0.2) is 5.78 Å². The average Bonchev–Trinajstić information content (AvgIpc) is 3.15. The lowest BCUT2D eigenvalue weighted by molar-refractivity contribution is -0.198. The van der Waals surface area contributed by atoms with Crippen LogP contribution in [-0.2, 0) is 14.3 Å². The number of fused-ring (bicyclic) bond motifs is 7. The van der Waals surface area contributed by atoms with E-state index in [-0.39, 0.29) is 22.3 Å². The van der Waals surface area contributed by atoms with Crippen LogP contribution in [0.5, 0.6) is 0 Å². The van der Waals surface area contributed by atoms with Crippen molar-refractivity contribution in [2.75, 3.05) is 0 Å². The number of carbonyl (C=O) groups is 2. The first-order valence-corrected chi connectivity index (χ1v) is 16.5. The Bertz CT molecular complexity index is 1200. The van der Waals surface area contributed by atoms with E-state index in [0.29, 0.717) is 46.8 Å². The molecule has 0 amide bonds. The molecular weight excluding hydrogens is 492 g/mol. The number of rotatable bonds is 4. The molecule has 0 aromatic carbocycles. The van der Waals surface area contributed by atoms with E-state index in [1.54, 1.807) is 11.1 Å². The molecule has 6 aliphatic carbocycles. The highest BCUT2D eigenvalue weighted by Crippen LogP contribution is 2.76. The maximum Gasteiger partial charge on any atom is 0.293 e. The molecule has 0 aliphatic heterocycles. The number of hydrogen-bond donors (Lipinski definition) is 0. The number of carbonyl (C=O) groups excluding carboxylic acids is 2. The fourth-order valence-corrected chi connectivity index (χ4v) is 12.3. The molecule has 8 atom stereocenters. The van der Waals surface area contributed by atoms with Crippen molar-refractivity contribution in [1.82, 2.24) is 0 Å². The molecule has 3 nitrogen and oxygen atoms in total. The molecule has 0 N–H and O–H groups in total. The van der Waals surface area contributed by atoms with Gasteiger partial charge in [-0.3, -0.25) is 9.59 Å². The number of Topliss-reactive ketones (excluding diaryl/α,β-unsaturated/α-hetero) is 1. The Morgan fingerprint density at radius 2 is 1.65 bits per heavy atom. The third-order valence-electron chi connectivity index (χ3n) is 14.3. The third kappa shape index (κ3) is 3.67. The van der Waals surface area contributed by atoms with Gasteiger partial charge in [0.05, 0.1) is 0 Å². The highest BCUT2D eigenvalue weighted by molar-refractivity contribution is 6.00. The van der Waals surface area contributed by atoms with Crippen molar-refractivity contribution in [2.45, 2.75) is 132 Å². The quantitative estimate of drug-likeness (QED) is 0.330. The molecule has 220 valence electrons. The van der Waals surface area contributed by atoms with Crippen LogP contribution in [0.3, 0.4) is 0 Å². The van der Waals surface area contributed by atoms with E-state index in [1.807, 2.05) is 0 Å². The summed E-state index contributed by atoms with van der Waals surface area (Å²) in [5.74, 6) is 2.74. The van der Waals surface area contributed by atoms with Crippen molar-refractivity contribution in [3.05, 3.63) is 34.4 Å². The minimum absolute atomic E-state index is 0.0453. The number of hydrogen-bond acceptors (Lipinski definition) is 3. The molecule has 0 spiro atoms. The molecule has 0 aromatic heterocycles. The highest BCUT2D eigenvalue weighted by atomic mass is 16.5. The summed E-state index contributed by atoms with van der Waals surface area (Å²) in [6, 6.07) is 0. The molecule has 3 heteroatoms. The van der Waals surface area contributed by atoms with Gasteiger partial charge in [0.2, 0.25) is 0 Å². The first kappa shape index (κ1) is 28.5. The van der Waals surface area contributed by atoms with Gasteiger partial charge in [0.25, 0.3) is 6.47 Å². The zero-order valence-corrected chi connectivity index (χ0v) is 26.6. The Labute approximate surface area is 243 Å². The molecule has 0 radical (unpaired) electrons. The Balaban J connectivity index is 1.35. The molecule has 6 aliphatic rings. The zero-order chi connectivity index (χ0) is 28.9. The van der Waals surface area contributed by atoms with Gasteiger partial charge in [-0.25, -0.2) is 0 Å². The lowest BCUT2D eigenvalue weighted by Gasteiger charge is -2.71. The van der Waals surface area contributed by atoms with Crippen molar-refractivity contribution in [1.29, 1.82) is 0 Å². The van der Waals surface area contributed by atoms with Crippen LogP contribution in [0, 0.1) is 50.7 Å². The van der Waals surface area contributed by atoms with E-state index < -0.39 is 0 Å². The standard InChI is InChI=1S/C37H54O3/c1-23(2)31-28(39)21-34(5)19-20-36(7)27(32(31)34)13-14-30-35(6)17-15-26(24-9-11-25(12-10-24)40-22-38)33(3,4)29(35)16-18-37(30,36)8/h9,15,22-23,25,27,29-30H,10-14,16-21H2,1-8H3/t25?,27-,29+,30-,34+,35+,36-,37-/m1/s1. The fourth-order valence-electron chi connectivity index (χ4n) is 12.3. The minimum atomic E-state index is 0.0453. The van der Waals surface area contributed by atoms with Crippen LogP contribution in [0.1, 0.15) is 126 Å². The normalized spacial score (nSPS) is 46.1. The summed E-state index contributed by atoms with van der Waals surface area (Å²) in [6.45, 7) is 20.6. The number of ketones is 1. The molecule has 1 unspecified atom stereocenters. The summed E-state index contributed by atoms with van der Waals surface area (Å²) >= 11 is 0. The second kappa shape index (κ2) is 9.18. The second-order valence-electron chi connectivity index (χ2n) is 16.7. The molecular formula is C37H54O3. The predicted molar refractivity (Wildman–Crippen MR) is 161 cm³/mol. The van der Waals surface area contributed by atoms with E-state index in [4.69, 9.17) is 4.74 Å². The SMILES string of the molecule is CC(C)C1=C2[C@H]3CC[C@@H]4[C@@]5(C)CC=C(C6=CCC(OC=O)CC6)C(C)(C)[C@@H]5CC[C@@]4(C)[C@]3(C)CC[C@@]2(C)CC1=O. The Hall–Kier alpha value is -1.64. The van der Waals surface area contributed by atoms with Gasteiger partial charge >= 0.3 is 0 Å². The first-order valence-electron chi connectivity index (χ1n) is 16.5. The number of allylic oxidation sites excluding steroid dienone is 5. The topological polar surface area (TPSA) is 43.4 Å². The zero-order valence-electron chi connectivity index (χ0n) is 26.6. The van der Waals surface area contributed by atoms with E-state index >= 15 is 0 Å². The maximum absolute atomic E-state index is 13.4. The largest absolute Gasteiger partial charge is 0.464 e. The van der Waals surface area contributed by atoms with Gasteiger partial charge in [-0.05, 0) is 125 Å². The van der Waals surface area contributed by atoms with Gasteiger partial charge in [-0.15, -0.1) is 0 Å². The summed E-state index contributed by atoms with van der Waals surface area (Å²) in [5.41, 5.74) is 7.00. The molecule has 3 fully saturated rings. The van der Waals surface area contributed by atoms with Crippen LogP contribution >= 0.6 is 0 Å². The summed E-state index contributed by atoms with van der Waals surface area (Å²) in [6.07, 6.45) is 17.4. The third-order valence-corrected chi connectivity index (χ3v) is 14.3. The number of ether oxygens (including phenoxy) is 1. The van der Waals surface area contributed by atoms with Crippen molar-refractivity contribution in [3.8, 4) is 0 Å². The predicted octanol–water partition coefficient (Wildman–Crippen LogP) is 9.18.